The number of carbonyl (C=O) groups excluding carboxylic acids is 2. The summed E-state index contributed by atoms with van der Waals surface area (Å²) in [7, 11) is 0. The first-order valence-electron chi connectivity index (χ1n) is 9.98. The Labute approximate surface area is 229 Å². The van der Waals surface area contributed by atoms with Gasteiger partial charge in [-0.2, -0.15) is 0 Å². The van der Waals surface area contributed by atoms with Gasteiger partial charge >= 0.3 is 0 Å². The first kappa shape index (κ1) is 24.6. The number of carbonyl (C=O) groups is 2. The Hall–Kier alpha value is -1.56. The molecule has 0 saturated carbocycles. The van der Waals surface area contributed by atoms with Gasteiger partial charge in [-0.3, -0.25) is 14.5 Å². The lowest BCUT2D eigenvalue weighted by Gasteiger charge is -2.13. The van der Waals surface area contributed by atoms with E-state index in [0.717, 1.165) is 41.3 Å². The maximum atomic E-state index is 12.9. The summed E-state index contributed by atoms with van der Waals surface area (Å²) in [4.78, 5) is 27.0. The van der Waals surface area contributed by atoms with Crippen LogP contribution in [0.4, 0.5) is 4.79 Å². The predicted molar refractivity (Wildman–Crippen MR) is 150 cm³/mol. The summed E-state index contributed by atoms with van der Waals surface area (Å²) in [6, 6.07) is 19.3. The van der Waals surface area contributed by atoms with Crippen molar-refractivity contribution in [3.63, 3.8) is 0 Å². The van der Waals surface area contributed by atoms with Crippen molar-refractivity contribution >= 4 is 85.8 Å². The van der Waals surface area contributed by atoms with E-state index >= 15 is 0 Å². The third kappa shape index (κ3) is 5.93. The van der Waals surface area contributed by atoms with Crippen LogP contribution < -0.4 is 4.74 Å². The zero-order chi connectivity index (χ0) is 23.5. The first-order valence-corrected chi connectivity index (χ1v) is 13.3. The molecule has 168 valence electrons. The van der Waals surface area contributed by atoms with Gasteiger partial charge < -0.3 is 4.74 Å². The summed E-state index contributed by atoms with van der Waals surface area (Å²) in [6.45, 7) is 2.69. The molecule has 1 heterocycles. The second-order valence-corrected chi connectivity index (χ2v) is 11.2. The van der Waals surface area contributed by atoms with Crippen LogP contribution in [0.1, 0.15) is 22.3 Å². The first-order chi connectivity index (χ1) is 15.8. The number of benzene rings is 3. The molecule has 1 saturated heterocycles. The van der Waals surface area contributed by atoms with E-state index in [1.165, 1.54) is 10.5 Å². The monoisotopic (exact) mass is 701 g/mol. The Morgan fingerprint density at radius 3 is 2.45 bits per heavy atom. The summed E-state index contributed by atoms with van der Waals surface area (Å²) < 4.78 is 7.96. The Morgan fingerprint density at radius 1 is 1.03 bits per heavy atom. The second kappa shape index (κ2) is 10.8. The summed E-state index contributed by atoms with van der Waals surface area (Å²) in [5, 5.41) is 0.236. The molecular formula is C25H18ClI2NO3S. The molecule has 0 spiro atoms. The van der Waals surface area contributed by atoms with E-state index in [9.17, 15) is 9.59 Å². The topological polar surface area (TPSA) is 46.6 Å². The summed E-state index contributed by atoms with van der Waals surface area (Å²) in [5.74, 6) is 0.497. The van der Waals surface area contributed by atoms with E-state index in [-0.39, 0.29) is 17.7 Å². The van der Waals surface area contributed by atoms with E-state index in [2.05, 4.69) is 64.2 Å². The Balaban J connectivity index is 1.51. The maximum absolute atomic E-state index is 12.9. The van der Waals surface area contributed by atoms with Gasteiger partial charge in [0.2, 0.25) is 0 Å². The van der Waals surface area contributed by atoms with Crippen LogP contribution in [0.2, 0.25) is 5.02 Å². The minimum Gasteiger partial charge on any atom is -0.487 e. The van der Waals surface area contributed by atoms with Gasteiger partial charge in [-0.05, 0) is 105 Å². The van der Waals surface area contributed by atoms with Gasteiger partial charge in [0.05, 0.1) is 18.6 Å². The van der Waals surface area contributed by atoms with Crippen LogP contribution in [0.3, 0.4) is 0 Å². The van der Waals surface area contributed by atoms with Gasteiger partial charge in [0.1, 0.15) is 12.4 Å². The van der Waals surface area contributed by atoms with Crippen LogP contribution in [0, 0.1) is 14.1 Å². The van der Waals surface area contributed by atoms with Crippen LogP contribution in [0.15, 0.2) is 65.6 Å². The molecule has 0 N–H and O–H groups in total. The minimum atomic E-state index is -0.310. The number of imide groups is 1. The summed E-state index contributed by atoms with van der Waals surface area (Å²) in [5.41, 5.74) is 3.88. The largest absolute Gasteiger partial charge is 0.487 e. The molecule has 3 aromatic rings. The van der Waals surface area contributed by atoms with Crippen LogP contribution in [-0.2, 0) is 17.9 Å². The highest BCUT2D eigenvalue weighted by Crippen LogP contribution is 2.36. The molecule has 33 heavy (non-hydrogen) atoms. The zero-order valence-corrected chi connectivity index (χ0v) is 23.4. The average molecular weight is 702 g/mol. The quantitative estimate of drug-likeness (QED) is 0.196. The Morgan fingerprint density at radius 2 is 1.76 bits per heavy atom. The highest BCUT2D eigenvalue weighted by molar-refractivity contribution is 14.1. The van der Waals surface area contributed by atoms with Crippen molar-refractivity contribution in [3.05, 3.63) is 100.0 Å². The van der Waals surface area contributed by atoms with Crippen LogP contribution in [0.25, 0.3) is 6.08 Å². The van der Waals surface area contributed by atoms with Gasteiger partial charge in [0.25, 0.3) is 11.1 Å². The fraction of sp³-hybridized carbons (Fsp3) is 0.120. The molecule has 1 aliphatic rings. The summed E-state index contributed by atoms with van der Waals surface area (Å²) in [6.07, 6.45) is 1.76. The molecule has 4 rings (SSSR count). The Bertz CT molecular complexity index is 1260. The van der Waals surface area contributed by atoms with Crippen molar-refractivity contribution in [2.24, 2.45) is 0 Å². The number of hydrogen-bond donors (Lipinski definition) is 0. The van der Waals surface area contributed by atoms with Gasteiger partial charge in [-0.15, -0.1) is 0 Å². The molecule has 4 nitrogen and oxygen atoms in total. The minimum absolute atomic E-state index is 0.155. The number of halogens is 3. The molecule has 3 aromatic carbocycles. The van der Waals surface area contributed by atoms with Crippen LogP contribution in [-0.4, -0.2) is 16.0 Å². The van der Waals surface area contributed by atoms with Gasteiger partial charge in [-0.25, -0.2) is 0 Å². The lowest BCUT2D eigenvalue weighted by atomic mass is 10.1. The molecule has 0 atom stereocenters. The smallest absolute Gasteiger partial charge is 0.293 e. The van der Waals surface area contributed by atoms with Gasteiger partial charge in [-0.1, -0.05) is 59.6 Å². The molecule has 2 amide bonds. The van der Waals surface area contributed by atoms with Crippen LogP contribution in [0.5, 0.6) is 5.75 Å². The normalized spacial score (nSPS) is 14.9. The second-order valence-electron chi connectivity index (χ2n) is 7.45. The number of ether oxygens (including phenoxy) is 1. The zero-order valence-electron chi connectivity index (χ0n) is 17.5. The van der Waals surface area contributed by atoms with Gasteiger partial charge in [0, 0.05) is 5.02 Å². The number of rotatable bonds is 6. The van der Waals surface area contributed by atoms with Crippen LogP contribution >= 0.6 is 68.5 Å². The van der Waals surface area contributed by atoms with E-state index in [4.69, 9.17) is 16.3 Å². The third-order valence-electron chi connectivity index (χ3n) is 4.94. The SMILES string of the molecule is Cc1cccc(COc2c(I)cc(/C=C3\SC(=O)N(Cc4ccccc4Cl)C3=O)cc2I)c1. The molecule has 1 aliphatic heterocycles. The molecule has 0 radical (unpaired) electrons. The van der Waals surface area contributed by atoms with E-state index in [1.54, 1.807) is 12.1 Å². The van der Waals surface area contributed by atoms with Crippen molar-refractivity contribution < 1.29 is 14.3 Å². The fourth-order valence-corrected chi connectivity index (χ4v) is 6.50. The molecule has 8 heteroatoms. The molecule has 1 fully saturated rings. The van der Waals surface area contributed by atoms with Crippen molar-refractivity contribution in [2.75, 3.05) is 0 Å². The van der Waals surface area contributed by atoms with Crippen molar-refractivity contribution in [1.82, 2.24) is 4.90 Å². The number of amides is 2. The molecular weight excluding hydrogens is 684 g/mol. The molecule has 0 aliphatic carbocycles. The predicted octanol–water partition coefficient (Wildman–Crippen LogP) is 7.67. The standard InChI is InChI=1S/C25H18ClI2NO3S/c1-15-5-4-6-16(9-15)14-32-23-20(27)10-17(11-21(23)28)12-22-24(30)29(25(31)33-22)13-18-7-2-3-8-19(18)26/h2-12H,13-14H2,1H3/b22-12-. The summed E-state index contributed by atoms with van der Waals surface area (Å²) >= 11 is 11.6. The lowest BCUT2D eigenvalue weighted by molar-refractivity contribution is -0.123. The maximum Gasteiger partial charge on any atom is 0.293 e. The Kier molecular flexibility index (Phi) is 8.03. The number of nitrogens with zero attached hydrogens (tertiary/aromatic N) is 1. The van der Waals surface area contributed by atoms with Gasteiger partial charge in [0.15, 0.2) is 0 Å². The van der Waals surface area contributed by atoms with Crippen molar-refractivity contribution in [2.45, 2.75) is 20.1 Å². The number of aryl methyl sites for hydroxylation is 1. The third-order valence-corrected chi connectivity index (χ3v) is 7.82. The highest BCUT2D eigenvalue weighted by Gasteiger charge is 2.35. The fourth-order valence-electron chi connectivity index (χ4n) is 3.34. The molecule has 0 unspecified atom stereocenters. The van der Waals surface area contributed by atoms with Crippen molar-refractivity contribution in [1.29, 1.82) is 0 Å². The van der Waals surface area contributed by atoms with E-state index in [0.29, 0.717) is 16.5 Å². The average Bonchev–Trinajstić information content (AvgIpc) is 3.02. The lowest BCUT2D eigenvalue weighted by Crippen LogP contribution is -2.27. The van der Waals surface area contributed by atoms with E-state index in [1.807, 2.05) is 42.5 Å². The number of thioether (sulfide) groups is 1. The number of hydrogen-bond acceptors (Lipinski definition) is 4. The molecule has 0 aromatic heterocycles. The molecule has 0 bridgehead atoms. The highest BCUT2D eigenvalue weighted by atomic mass is 127. The van der Waals surface area contributed by atoms with Crippen molar-refractivity contribution in [3.8, 4) is 5.75 Å². The van der Waals surface area contributed by atoms with E-state index < -0.39 is 0 Å².